The predicted molar refractivity (Wildman–Crippen MR) is 67.2 cm³/mol. The molecule has 1 N–H and O–H groups in total. The number of carboxylic acid groups (broad SMARTS) is 1. The second kappa shape index (κ2) is 7.87. The number of hydrogen-bond donors (Lipinski definition) is 1. The van der Waals surface area contributed by atoms with E-state index in [1.165, 1.54) is 44.7 Å². The summed E-state index contributed by atoms with van der Waals surface area (Å²) in [4.78, 5) is 10.6. The highest BCUT2D eigenvalue weighted by Gasteiger charge is 2.04. The van der Waals surface area contributed by atoms with Crippen molar-refractivity contribution >= 4 is 5.97 Å². The van der Waals surface area contributed by atoms with Crippen molar-refractivity contribution in [2.24, 2.45) is 0 Å². The van der Waals surface area contributed by atoms with Gasteiger partial charge in [0.1, 0.15) is 0 Å². The number of nitrogens with zero attached hydrogens (tertiary/aromatic N) is 2. The van der Waals surface area contributed by atoms with Crippen LogP contribution in [0, 0.1) is 0 Å². The first-order valence-corrected chi connectivity index (χ1v) is 6.49. The molecule has 4 heteroatoms. The van der Waals surface area contributed by atoms with Gasteiger partial charge in [-0.15, -0.1) is 0 Å². The van der Waals surface area contributed by atoms with Gasteiger partial charge in [0.05, 0.1) is 11.8 Å². The summed E-state index contributed by atoms with van der Waals surface area (Å²) in [7, 11) is 0. The molecule has 1 aromatic heterocycles. The van der Waals surface area contributed by atoms with Crippen molar-refractivity contribution in [3.63, 3.8) is 0 Å². The van der Waals surface area contributed by atoms with Crippen LogP contribution in [-0.2, 0) is 6.54 Å². The van der Waals surface area contributed by atoms with Crippen LogP contribution in [-0.4, -0.2) is 20.9 Å². The Morgan fingerprint density at radius 2 is 1.88 bits per heavy atom. The number of carboxylic acids is 1. The van der Waals surface area contributed by atoms with Gasteiger partial charge < -0.3 is 5.11 Å². The molecule has 0 aliphatic rings. The van der Waals surface area contributed by atoms with Gasteiger partial charge in [0.15, 0.2) is 0 Å². The molecule has 0 saturated carbocycles. The van der Waals surface area contributed by atoms with Crippen LogP contribution in [0.15, 0.2) is 12.4 Å². The van der Waals surface area contributed by atoms with E-state index < -0.39 is 5.97 Å². The van der Waals surface area contributed by atoms with Crippen molar-refractivity contribution in [2.45, 2.75) is 58.4 Å². The smallest absolute Gasteiger partial charge is 0.338 e. The molecule has 1 rings (SSSR count). The van der Waals surface area contributed by atoms with Crippen LogP contribution in [0.2, 0.25) is 0 Å². The Hall–Kier alpha value is -1.32. The van der Waals surface area contributed by atoms with Crippen LogP contribution >= 0.6 is 0 Å². The zero-order chi connectivity index (χ0) is 12.5. The fourth-order valence-corrected chi connectivity index (χ4v) is 1.83. The van der Waals surface area contributed by atoms with E-state index in [2.05, 4.69) is 12.0 Å². The summed E-state index contributed by atoms with van der Waals surface area (Å²) < 4.78 is 1.72. The van der Waals surface area contributed by atoms with E-state index in [-0.39, 0.29) is 5.56 Å². The van der Waals surface area contributed by atoms with E-state index in [4.69, 9.17) is 5.11 Å². The Bertz CT molecular complexity index is 334. The third kappa shape index (κ3) is 5.52. The third-order valence-corrected chi connectivity index (χ3v) is 2.87. The first-order chi connectivity index (χ1) is 8.24. The molecule has 0 radical (unpaired) electrons. The Balaban J connectivity index is 2.07. The summed E-state index contributed by atoms with van der Waals surface area (Å²) in [5, 5.41) is 12.8. The van der Waals surface area contributed by atoms with Crippen molar-refractivity contribution in [3.05, 3.63) is 18.0 Å². The molecule has 0 unspecified atom stereocenters. The maximum Gasteiger partial charge on any atom is 0.338 e. The second-order valence-corrected chi connectivity index (χ2v) is 4.42. The van der Waals surface area contributed by atoms with E-state index in [0.717, 1.165) is 13.0 Å². The van der Waals surface area contributed by atoms with E-state index in [1.54, 1.807) is 10.9 Å². The molecule has 0 aliphatic heterocycles. The highest BCUT2D eigenvalue weighted by molar-refractivity contribution is 5.86. The molecular formula is C13H22N2O2. The van der Waals surface area contributed by atoms with Crippen molar-refractivity contribution in [2.75, 3.05) is 0 Å². The highest BCUT2D eigenvalue weighted by atomic mass is 16.4. The van der Waals surface area contributed by atoms with Gasteiger partial charge in [-0.25, -0.2) is 4.79 Å². The maximum absolute atomic E-state index is 10.6. The summed E-state index contributed by atoms with van der Waals surface area (Å²) in [6.07, 6.45) is 11.8. The van der Waals surface area contributed by atoms with Gasteiger partial charge in [-0.05, 0) is 6.42 Å². The minimum absolute atomic E-state index is 0.271. The SMILES string of the molecule is CCCCCCCCCn1cc(C(=O)O)cn1. The number of aromatic carboxylic acids is 1. The van der Waals surface area contributed by atoms with Crippen LogP contribution in [0.3, 0.4) is 0 Å². The van der Waals surface area contributed by atoms with Gasteiger partial charge in [0.25, 0.3) is 0 Å². The fourth-order valence-electron chi connectivity index (χ4n) is 1.83. The lowest BCUT2D eigenvalue weighted by Crippen LogP contribution is -1.99. The topological polar surface area (TPSA) is 55.1 Å². The standard InChI is InChI=1S/C13H22N2O2/c1-2-3-4-5-6-7-8-9-15-11-12(10-14-15)13(16)17/h10-11H,2-9H2,1H3,(H,16,17). The molecule has 0 bridgehead atoms. The van der Waals surface area contributed by atoms with Crippen molar-refractivity contribution in [3.8, 4) is 0 Å². The first-order valence-electron chi connectivity index (χ1n) is 6.49. The lowest BCUT2D eigenvalue weighted by Gasteiger charge is -2.01. The van der Waals surface area contributed by atoms with Crippen LogP contribution in [0.5, 0.6) is 0 Å². The van der Waals surface area contributed by atoms with Gasteiger partial charge in [-0.3, -0.25) is 4.68 Å². The molecule has 0 atom stereocenters. The molecule has 96 valence electrons. The number of unbranched alkanes of at least 4 members (excludes halogenated alkanes) is 6. The quantitative estimate of drug-likeness (QED) is 0.671. The van der Waals surface area contributed by atoms with Crippen molar-refractivity contribution < 1.29 is 9.90 Å². The van der Waals surface area contributed by atoms with Crippen molar-refractivity contribution in [1.29, 1.82) is 0 Å². The number of carbonyl (C=O) groups is 1. The molecule has 1 aromatic rings. The molecule has 0 saturated heterocycles. The van der Waals surface area contributed by atoms with Crippen LogP contribution in [0.4, 0.5) is 0 Å². The lowest BCUT2D eigenvalue weighted by atomic mass is 10.1. The Labute approximate surface area is 103 Å². The average molecular weight is 238 g/mol. The molecule has 0 amide bonds. The molecule has 1 heterocycles. The number of aryl methyl sites for hydroxylation is 1. The minimum atomic E-state index is -0.907. The average Bonchev–Trinajstić information content (AvgIpc) is 2.77. The predicted octanol–water partition coefficient (Wildman–Crippen LogP) is 3.33. The van der Waals surface area contributed by atoms with E-state index in [0.29, 0.717) is 0 Å². The summed E-state index contributed by atoms with van der Waals surface area (Å²) in [5.41, 5.74) is 0.271. The molecule has 0 fully saturated rings. The van der Waals surface area contributed by atoms with Gasteiger partial charge >= 0.3 is 5.97 Å². The van der Waals surface area contributed by atoms with Crippen LogP contribution < -0.4 is 0 Å². The largest absolute Gasteiger partial charge is 0.478 e. The molecular weight excluding hydrogens is 216 g/mol. The van der Waals surface area contributed by atoms with Crippen LogP contribution in [0.25, 0.3) is 0 Å². The highest BCUT2D eigenvalue weighted by Crippen LogP contribution is 2.08. The van der Waals surface area contributed by atoms with Gasteiger partial charge in [-0.1, -0.05) is 45.4 Å². The first kappa shape index (κ1) is 13.7. The van der Waals surface area contributed by atoms with Gasteiger partial charge in [0, 0.05) is 12.7 Å². The van der Waals surface area contributed by atoms with Crippen LogP contribution in [0.1, 0.15) is 62.2 Å². The Kier molecular flexibility index (Phi) is 6.37. The summed E-state index contributed by atoms with van der Waals surface area (Å²) in [6, 6.07) is 0. The Morgan fingerprint density at radius 3 is 2.47 bits per heavy atom. The molecule has 17 heavy (non-hydrogen) atoms. The van der Waals surface area contributed by atoms with E-state index >= 15 is 0 Å². The molecule has 0 aromatic carbocycles. The number of rotatable bonds is 9. The molecule has 0 spiro atoms. The molecule has 4 nitrogen and oxygen atoms in total. The van der Waals surface area contributed by atoms with Gasteiger partial charge in [0.2, 0.25) is 0 Å². The van der Waals surface area contributed by atoms with Gasteiger partial charge in [-0.2, -0.15) is 5.10 Å². The summed E-state index contributed by atoms with van der Waals surface area (Å²) in [6.45, 7) is 3.04. The number of aromatic nitrogens is 2. The number of hydrogen-bond acceptors (Lipinski definition) is 2. The van der Waals surface area contributed by atoms with Crippen molar-refractivity contribution in [1.82, 2.24) is 9.78 Å². The normalized spacial score (nSPS) is 10.6. The zero-order valence-corrected chi connectivity index (χ0v) is 10.6. The lowest BCUT2D eigenvalue weighted by molar-refractivity contribution is 0.0697. The second-order valence-electron chi connectivity index (χ2n) is 4.42. The van der Waals surface area contributed by atoms with E-state index in [9.17, 15) is 4.79 Å². The fraction of sp³-hybridized carbons (Fsp3) is 0.692. The monoisotopic (exact) mass is 238 g/mol. The minimum Gasteiger partial charge on any atom is -0.478 e. The summed E-state index contributed by atoms with van der Waals surface area (Å²) in [5.74, 6) is -0.907. The maximum atomic E-state index is 10.6. The third-order valence-electron chi connectivity index (χ3n) is 2.87. The van der Waals surface area contributed by atoms with E-state index in [1.807, 2.05) is 0 Å². The molecule has 0 aliphatic carbocycles. The Morgan fingerprint density at radius 1 is 1.24 bits per heavy atom. The zero-order valence-electron chi connectivity index (χ0n) is 10.6. The summed E-state index contributed by atoms with van der Waals surface area (Å²) >= 11 is 0.